The van der Waals surface area contributed by atoms with Crippen LogP contribution in [0, 0.1) is 5.92 Å². The van der Waals surface area contributed by atoms with Crippen LogP contribution in [0.15, 0.2) is 6.20 Å². The Hall–Kier alpha value is -0.940. The lowest BCUT2D eigenvalue weighted by atomic mass is 9.85. The average molecular weight is 213 g/mol. The van der Waals surface area contributed by atoms with Gasteiger partial charge < -0.3 is 10.2 Å². The molecule has 0 radical (unpaired) electrons. The summed E-state index contributed by atoms with van der Waals surface area (Å²) in [5.41, 5.74) is 0.886. The van der Waals surface area contributed by atoms with Gasteiger partial charge in [-0.15, -0.1) is 0 Å². The van der Waals surface area contributed by atoms with Gasteiger partial charge in [-0.05, 0) is 30.3 Å². The maximum atomic E-state index is 10.5. The van der Waals surface area contributed by atoms with E-state index in [1.165, 1.54) is 11.5 Å². The molecular weight excluding hydrogens is 202 g/mol. The third-order valence-corrected chi connectivity index (χ3v) is 3.36. The van der Waals surface area contributed by atoms with Gasteiger partial charge >= 0.3 is 5.97 Å². The van der Waals surface area contributed by atoms with E-state index in [-0.39, 0.29) is 12.3 Å². The van der Waals surface area contributed by atoms with Crippen LogP contribution in [0.3, 0.4) is 0 Å². The Morgan fingerprint density at radius 2 is 2.50 bits per heavy atom. The fourth-order valence-corrected chi connectivity index (χ4v) is 2.79. The van der Waals surface area contributed by atoms with E-state index in [4.69, 9.17) is 5.11 Å². The van der Waals surface area contributed by atoms with E-state index in [0.717, 1.165) is 16.9 Å². The highest BCUT2D eigenvalue weighted by atomic mass is 32.1. The molecule has 2 unspecified atom stereocenters. The third-order valence-electron chi connectivity index (χ3n) is 2.53. The molecule has 5 heteroatoms. The fraction of sp³-hybridized carbons (Fsp3) is 0.556. The highest BCUT2D eigenvalue weighted by Crippen LogP contribution is 2.36. The molecule has 1 aliphatic carbocycles. The second kappa shape index (κ2) is 3.67. The number of aromatic nitrogens is 1. The Morgan fingerprint density at radius 1 is 1.71 bits per heavy atom. The van der Waals surface area contributed by atoms with E-state index in [9.17, 15) is 9.90 Å². The van der Waals surface area contributed by atoms with Crippen LogP contribution < -0.4 is 0 Å². The molecule has 1 aromatic heterocycles. The third kappa shape index (κ3) is 1.78. The fourth-order valence-electron chi connectivity index (χ4n) is 1.89. The van der Waals surface area contributed by atoms with E-state index in [2.05, 4.69) is 4.37 Å². The highest BCUT2D eigenvalue weighted by molar-refractivity contribution is 7.05. The Kier molecular flexibility index (Phi) is 2.52. The van der Waals surface area contributed by atoms with Gasteiger partial charge in [-0.25, -0.2) is 4.37 Å². The van der Waals surface area contributed by atoms with Gasteiger partial charge in [-0.1, -0.05) is 0 Å². The Morgan fingerprint density at radius 3 is 3.21 bits per heavy atom. The molecule has 1 heterocycles. The second-order valence-corrected chi connectivity index (χ2v) is 4.51. The molecule has 0 saturated heterocycles. The highest BCUT2D eigenvalue weighted by Gasteiger charge is 2.28. The monoisotopic (exact) mass is 213 g/mol. The quantitative estimate of drug-likeness (QED) is 0.774. The van der Waals surface area contributed by atoms with Crippen molar-refractivity contribution in [3.8, 4) is 0 Å². The van der Waals surface area contributed by atoms with Crippen molar-refractivity contribution < 1.29 is 15.0 Å². The van der Waals surface area contributed by atoms with Gasteiger partial charge in [0, 0.05) is 23.1 Å². The van der Waals surface area contributed by atoms with E-state index >= 15 is 0 Å². The lowest BCUT2D eigenvalue weighted by Gasteiger charge is -2.24. The molecule has 0 bridgehead atoms. The summed E-state index contributed by atoms with van der Waals surface area (Å²) in [4.78, 5) is 11.6. The van der Waals surface area contributed by atoms with E-state index < -0.39 is 12.1 Å². The van der Waals surface area contributed by atoms with E-state index in [1.54, 1.807) is 6.20 Å². The van der Waals surface area contributed by atoms with E-state index in [0.29, 0.717) is 6.42 Å². The van der Waals surface area contributed by atoms with Gasteiger partial charge in [-0.2, -0.15) is 0 Å². The zero-order chi connectivity index (χ0) is 10.1. The van der Waals surface area contributed by atoms with Crippen LogP contribution in [0.2, 0.25) is 0 Å². The maximum Gasteiger partial charge on any atom is 0.303 e. The number of carboxylic acid groups (broad SMARTS) is 1. The number of aliphatic hydroxyl groups excluding tert-OH is 1. The Balaban J connectivity index is 2.13. The maximum absolute atomic E-state index is 10.5. The number of aliphatic hydroxyl groups is 1. The molecule has 0 saturated carbocycles. The molecule has 0 spiro atoms. The second-order valence-electron chi connectivity index (χ2n) is 3.62. The molecule has 2 atom stereocenters. The first-order valence-electron chi connectivity index (χ1n) is 4.50. The zero-order valence-electron chi connectivity index (χ0n) is 7.51. The van der Waals surface area contributed by atoms with Crippen molar-refractivity contribution in [2.45, 2.75) is 25.4 Å². The van der Waals surface area contributed by atoms with Gasteiger partial charge in [0.25, 0.3) is 0 Å². The minimum atomic E-state index is -0.796. The van der Waals surface area contributed by atoms with Crippen molar-refractivity contribution in [3.05, 3.63) is 16.6 Å². The molecule has 2 rings (SSSR count). The SMILES string of the molecule is O=C(O)CC1Cc2sncc2C(O)C1. The van der Waals surface area contributed by atoms with Crippen molar-refractivity contribution in [3.63, 3.8) is 0 Å². The summed E-state index contributed by atoms with van der Waals surface area (Å²) in [5.74, 6) is -0.745. The van der Waals surface area contributed by atoms with Crippen LogP contribution >= 0.6 is 11.5 Å². The van der Waals surface area contributed by atoms with Gasteiger partial charge in [0.05, 0.1) is 6.10 Å². The smallest absolute Gasteiger partial charge is 0.303 e. The van der Waals surface area contributed by atoms with Crippen LogP contribution in [0.4, 0.5) is 0 Å². The predicted octanol–water partition coefficient (Wildman–Crippen LogP) is 1.21. The molecule has 14 heavy (non-hydrogen) atoms. The van der Waals surface area contributed by atoms with Crippen LogP contribution in [0.5, 0.6) is 0 Å². The summed E-state index contributed by atoms with van der Waals surface area (Å²) in [7, 11) is 0. The molecule has 4 nitrogen and oxygen atoms in total. The summed E-state index contributed by atoms with van der Waals surface area (Å²) in [6.45, 7) is 0. The Labute approximate surface area is 85.4 Å². The van der Waals surface area contributed by atoms with Crippen LogP contribution in [0.1, 0.15) is 29.4 Å². The number of carboxylic acids is 1. The summed E-state index contributed by atoms with van der Waals surface area (Å²) in [6.07, 6.45) is 2.57. The number of fused-ring (bicyclic) bond motifs is 1. The number of hydrogen-bond acceptors (Lipinski definition) is 4. The molecule has 0 amide bonds. The van der Waals surface area contributed by atoms with Crippen molar-refractivity contribution in [1.29, 1.82) is 0 Å². The van der Waals surface area contributed by atoms with Gasteiger partial charge in [0.15, 0.2) is 0 Å². The lowest BCUT2D eigenvalue weighted by molar-refractivity contribution is -0.138. The number of hydrogen-bond donors (Lipinski definition) is 2. The zero-order valence-corrected chi connectivity index (χ0v) is 8.33. The number of nitrogens with zero attached hydrogens (tertiary/aromatic N) is 1. The van der Waals surface area contributed by atoms with Crippen molar-refractivity contribution >= 4 is 17.5 Å². The standard InChI is InChI=1S/C9H11NO3S/c11-7-1-5(3-9(12)13)2-8-6(7)4-10-14-8/h4-5,7,11H,1-3H2,(H,12,13). The van der Waals surface area contributed by atoms with Crippen molar-refractivity contribution in [2.24, 2.45) is 5.92 Å². The molecule has 2 N–H and O–H groups in total. The van der Waals surface area contributed by atoms with Gasteiger partial charge in [0.1, 0.15) is 0 Å². The Bertz CT molecular complexity index is 350. The first-order valence-corrected chi connectivity index (χ1v) is 5.27. The normalized spacial score (nSPS) is 25.8. The molecule has 0 aromatic carbocycles. The lowest BCUT2D eigenvalue weighted by Crippen LogP contribution is -2.19. The largest absolute Gasteiger partial charge is 0.481 e. The minimum absolute atomic E-state index is 0.0513. The van der Waals surface area contributed by atoms with Crippen LogP contribution in [0.25, 0.3) is 0 Å². The van der Waals surface area contributed by atoms with Gasteiger partial charge in [0.2, 0.25) is 0 Å². The average Bonchev–Trinajstić information content (AvgIpc) is 2.50. The summed E-state index contributed by atoms with van der Waals surface area (Å²) < 4.78 is 4.00. The number of aliphatic carboxylic acids is 1. The van der Waals surface area contributed by atoms with Crippen LogP contribution in [-0.2, 0) is 11.2 Å². The first kappa shape index (κ1) is 9.61. The molecule has 1 aliphatic rings. The summed E-state index contributed by atoms with van der Waals surface area (Å²) in [6, 6.07) is 0. The van der Waals surface area contributed by atoms with Gasteiger partial charge in [-0.3, -0.25) is 4.79 Å². The summed E-state index contributed by atoms with van der Waals surface area (Å²) >= 11 is 1.36. The molecule has 1 aromatic rings. The molecule has 76 valence electrons. The number of rotatable bonds is 2. The minimum Gasteiger partial charge on any atom is -0.481 e. The van der Waals surface area contributed by atoms with E-state index in [1.807, 2.05) is 0 Å². The molecular formula is C9H11NO3S. The molecule has 0 fully saturated rings. The topological polar surface area (TPSA) is 70.4 Å². The summed E-state index contributed by atoms with van der Waals surface area (Å²) in [5, 5.41) is 18.4. The van der Waals surface area contributed by atoms with Crippen molar-refractivity contribution in [1.82, 2.24) is 4.37 Å². The number of carbonyl (C=O) groups is 1. The predicted molar refractivity (Wildman–Crippen MR) is 51.1 cm³/mol. The van der Waals surface area contributed by atoms with Crippen LogP contribution in [-0.4, -0.2) is 20.6 Å². The first-order chi connectivity index (χ1) is 6.66. The van der Waals surface area contributed by atoms with Crippen molar-refractivity contribution in [2.75, 3.05) is 0 Å². The molecule has 0 aliphatic heterocycles.